The van der Waals surface area contributed by atoms with E-state index in [0.29, 0.717) is 23.6 Å². The smallest absolute Gasteiger partial charge is 0.257 e. The maximum absolute atomic E-state index is 12.2. The van der Waals surface area contributed by atoms with E-state index in [4.69, 9.17) is 0 Å². The lowest BCUT2D eigenvalue weighted by Crippen LogP contribution is -2.37. The van der Waals surface area contributed by atoms with Gasteiger partial charge in [0.1, 0.15) is 5.84 Å². The van der Waals surface area contributed by atoms with Gasteiger partial charge >= 0.3 is 0 Å². The number of fused-ring (bicyclic) bond motifs is 1. The Balaban J connectivity index is 1.78. The number of amidine groups is 1. The van der Waals surface area contributed by atoms with Crippen molar-refractivity contribution in [2.45, 2.75) is 0 Å². The Morgan fingerprint density at radius 1 is 1.19 bits per heavy atom. The van der Waals surface area contributed by atoms with Crippen molar-refractivity contribution >= 4 is 27.5 Å². The zero-order chi connectivity index (χ0) is 14.9. The van der Waals surface area contributed by atoms with Gasteiger partial charge in [-0.2, -0.15) is 0 Å². The van der Waals surface area contributed by atoms with E-state index < -0.39 is 10.0 Å². The molecular formula is C14H13N3O3S. The molecule has 2 aliphatic rings. The lowest BCUT2D eigenvalue weighted by molar-refractivity contribution is -0.112. The predicted octanol–water partition coefficient (Wildman–Crippen LogP) is 1.12. The fourth-order valence-corrected chi connectivity index (χ4v) is 3.03. The Hall–Kier alpha value is -2.41. The Bertz CT molecular complexity index is 764. The Kier molecular flexibility index (Phi) is 3.34. The summed E-state index contributed by atoms with van der Waals surface area (Å²) < 4.78 is 26.5. The van der Waals surface area contributed by atoms with E-state index in [0.717, 1.165) is 0 Å². The van der Waals surface area contributed by atoms with Crippen LogP contribution in [0.1, 0.15) is 0 Å². The highest BCUT2D eigenvalue weighted by molar-refractivity contribution is 7.90. The standard InChI is InChI=1S/C14H13N3O3S/c18-14(15-12-4-2-1-3-5-12)11-6-7-13-16-21(19,20)9-8-17(13)10-11/h1-7,10H,8-9H2,(H,15,18). The van der Waals surface area contributed by atoms with Crippen LogP contribution >= 0.6 is 0 Å². The average Bonchev–Trinajstić information content (AvgIpc) is 2.47. The molecule has 2 aliphatic heterocycles. The van der Waals surface area contributed by atoms with Gasteiger partial charge in [0, 0.05) is 18.4 Å². The zero-order valence-corrected chi connectivity index (χ0v) is 11.9. The summed E-state index contributed by atoms with van der Waals surface area (Å²) in [6.07, 6.45) is 4.72. The van der Waals surface area contributed by atoms with Gasteiger partial charge in [0.25, 0.3) is 15.9 Å². The number of sulfonamides is 1. The Morgan fingerprint density at radius 2 is 1.95 bits per heavy atom. The molecule has 0 unspecified atom stereocenters. The summed E-state index contributed by atoms with van der Waals surface area (Å²) >= 11 is 0. The Morgan fingerprint density at radius 3 is 2.71 bits per heavy atom. The molecule has 0 fully saturated rings. The van der Waals surface area contributed by atoms with Crippen molar-refractivity contribution in [1.29, 1.82) is 0 Å². The first kappa shape index (κ1) is 13.6. The number of benzene rings is 1. The van der Waals surface area contributed by atoms with Crippen molar-refractivity contribution in [2.24, 2.45) is 4.40 Å². The van der Waals surface area contributed by atoms with Gasteiger partial charge in [0.2, 0.25) is 0 Å². The lowest BCUT2D eigenvalue weighted by Gasteiger charge is -2.26. The minimum Gasteiger partial charge on any atom is -0.330 e. The summed E-state index contributed by atoms with van der Waals surface area (Å²) in [4.78, 5) is 13.8. The molecule has 0 atom stereocenters. The fourth-order valence-electron chi connectivity index (χ4n) is 2.06. The maximum Gasteiger partial charge on any atom is 0.257 e. The number of carbonyl (C=O) groups excluding carboxylic acids is 1. The highest BCUT2D eigenvalue weighted by Gasteiger charge is 2.24. The summed E-state index contributed by atoms with van der Waals surface area (Å²) in [6.45, 7) is 0.299. The van der Waals surface area contributed by atoms with Crippen LogP contribution in [0, 0.1) is 0 Å². The van der Waals surface area contributed by atoms with Crippen molar-refractivity contribution in [3.63, 3.8) is 0 Å². The second-order valence-corrected chi connectivity index (χ2v) is 6.42. The van der Waals surface area contributed by atoms with E-state index in [9.17, 15) is 13.2 Å². The molecule has 1 N–H and O–H groups in total. The molecule has 0 radical (unpaired) electrons. The number of hydrogen-bond acceptors (Lipinski definition) is 4. The molecule has 21 heavy (non-hydrogen) atoms. The number of nitrogens with one attached hydrogen (secondary N) is 1. The number of para-hydroxylation sites is 1. The zero-order valence-electron chi connectivity index (χ0n) is 11.1. The fraction of sp³-hybridized carbons (Fsp3) is 0.143. The van der Waals surface area contributed by atoms with Crippen LogP contribution < -0.4 is 5.32 Å². The van der Waals surface area contributed by atoms with Crippen LogP contribution in [0.3, 0.4) is 0 Å². The third-order valence-electron chi connectivity index (χ3n) is 3.12. The minimum absolute atomic E-state index is 0.0472. The summed E-state index contributed by atoms with van der Waals surface area (Å²) in [5.74, 6) is 0.0523. The third kappa shape index (κ3) is 3.03. The van der Waals surface area contributed by atoms with Crippen LogP contribution in [0.5, 0.6) is 0 Å². The number of hydrogen-bond donors (Lipinski definition) is 1. The van der Waals surface area contributed by atoms with E-state index in [2.05, 4.69) is 9.71 Å². The monoisotopic (exact) mass is 303 g/mol. The average molecular weight is 303 g/mol. The van der Waals surface area contributed by atoms with E-state index >= 15 is 0 Å². The summed E-state index contributed by atoms with van der Waals surface area (Å²) in [5, 5.41) is 2.78. The van der Waals surface area contributed by atoms with Gasteiger partial charge in [-0.3, -0.25) is 4.79 Å². The van der Waals surface area contributed by atoms with E-state index in [1.165, 1.54) is 6.08 Å². The molecule has 2 heterocycles. The first-order chi connectivity index (χ1) is 10.0. The van der Waals surface area contributed by atoms with Crippen LogP contribution in [0.4, 0.5) is 5.69 Å². The number of rotatable bonds is 2. The topological polar surface area (TPSA) is 78.8 Å². The van der Waals surface area contributed by atoms with E-state index in [1.807, 2.05) is 18.2 Å². The van der Waals surface area contributed by atoms with Gasteiger partial charge < -0.3 is 10.2 Å². The SMILES string of the molecule is O=C(Nc1ccccc1)C1=CN2CCS(=O)(=O)N=C2C=C1. The summed E-state index contributed by atoms with van der Waals surface area (Å²) in [7, 11) is -3.37. The van der Waals surface area contributed by atoms with Crippen LogP contribution in [-0.4, -0.2) is 37.4 Å². The Labute approximate surface area is 122 Å². The van der Waals surface area contributed by atoms with Crippen molar-refractivity contribution in [1.82, 2.24) is 4.90 Å². The third-order valence-corrected chi connectivity index (χ3v) is 4.28. The van der Waals surface area contributed by atoms with Gasteiger partial charge in [0.15, 0.2) is 0 Å². The quantitative estimate of drug-likeness (QED) is 0.888. The van der Waals surface area contributed by atoms with Gasteiger partial charge in [-0.15, -0.1) is 4.40 Å². The van der Waals surface area contributed by atoms with E-state index in [1.54, 1.807) is 29.3 Å². The maximum atomic E-state index is 12.2. The molecule has 108 valence electrons. The molecule has 1 aromatic rings. The number of carbonyl (C=O) groups is 1. The first-order valence-corrected chi connectivity index (χ1v) is 8.00. The van der Waals surface area contributed by atoms with Gasteiger partial charge in [-0.05, 0) is 24.3 Å². The number of anilines is 1. The molecule has 0 saturated heterocycles. The molecule has 1 aromatic carbocycles. The molecule has 0 aliphatic carbocycles. The van der Waals surface area contributed by atoms with E-state index in [-0.39, 0.29) is 11.7 Å². The largest absolute Gasteiger partial charge is 0.330 e. The second kappa shape index (κ2) is 5.17. The molecule has 0 aromatic heterocycles. The van der Waals surface area contributed by atoms with Crippen LogP contribution in [0.25, 0.3) is 0 Å². The second-order valence-electron chi connectivity index (χ2n) is 4.67. The summed E-state index contributed by atoms with van der Waals surface area (Å²) in [6, 6.07) is 9.13. The van der Waals surface area contributed by atoms with Crippen molar-refractivity contribution < 1.29 is 13.2 Å². The molecule has 6 nitrogen and oxygen atoms in total. The molecule has 0 spiro atoms. The van der Waals surface area contributed by atoms with Crippen LogP contribution in [-0.2, 0) is 14.8 Å². The highest BCUT2D eigenvalue weighted by atomic mass is 32.2. The number of amides is 1. The minimum atomic E-state index is -3.37. The molecule has 7 heteroatoms. The lowest BCUT2D eigenvalue weighted by atomic mass is 10.1. The van der Waals surface area contributed by atoms with Crippen LogP contribution in [0.2, 0.25) is 0 Å². The van der Waals surface area contributed by atoms with Crippen molar-refractivity contribution in [3.8, 4) is 0 Å². The van der Waals surface area contributed by atoms with Gasteiger partial charge in [-0.25, -0.2) is 8.42 Å². The normalized spacial score (nSPS) is 19.3. The number of nitrogens with zero attached hydrogens (tertiary/aromatic N) is 2. The molecular weight excluding hydrogens is 290 g/mol. The van der Waals surface area contributed by atoms with Gasteiger partial charge in [-0.1, -0.05) is 18.2 Å². The molecule has 1 amide bonds. The summed E-state index contributed by atoms with van der Waals surface area (Å²) in [5.41, 5.74) is 1.16. The molecule has 0 bridgehead atoms. The molecule has 3 rings (SSSR count). The molecule has 0 saturated carbocycles. The van der Waals surface area contributed by atoms with Gasteiger partial charge in [0.05, 0.1) is 11.3 Å². The van der Waals surface area contributed by atoms with Crippen LogP contribution in [0.15, 0.2) is 58.7 Å². The van der Waals surface area contributed by atoms with Crippen molar-refractivity contribution in [3.05, 3.63) is 54.3 Å². The highest BCUT2D eigenvalue weighted by Crippen LogP contribution is 2.17. The predicted molar refractivity (Wildman–Crippen MR) is 80.2 cm³/mol. The first-order valence-electron chi connectivity index (χ1n) is 6.39. The van der Waals surface area contributed by atoms with Crippen molar-refractivity contribution in [2.75, 3.05) is 17.6 Å².